The number of carbonyl (C=O) groups excluding carboxylic acids is 1. The summed E-state index contributed by atoms with van der Waals surface area (Å²) in [5.41, 5.74) is 2.68. The number of aromatic nitrogens is 1. The molecule has 0 atom stereocenters. The van der Waals surface area contributed by atoms with E-state index in [4.69, 9.17) is 4.42 Å². The van der Waals surface area contributed by atoms with Gasteiger partial charge in [-0.15, -0.1) is 0 Å². The highest BCUT2D eigenvalue weighted by Crippen LogP contribution is 2.20. The molecule has 0 aliphatic carbocycles. The molecule has 0 spiro atoms. The number of nitrogens with zero attached hydrogens (tertiary/aromatic N) is 1. The number of aryl methyl sites for hydroxylation is 2. The van der Waals surface area contributed by atoms with Gasteiger partial charge in [-0.25, -0.2) is 0 Å². The largest absolute Gasteiger partial charge is 0.466 e. The van der Waals surface area contributed by atoms with Crippen molar-refractivity contribution in [2.75, 3.05) is 6.54 Å². The SMILES string of the molecule is Cc1oc(C)c(C(=O)NCCc2cccnc2)c1C. The van der Waals surface area contributed by atoms with Crippen LogP contribution in [0.25, 0.3) is 0 Å². The highest BCUT2D eigenvalue weighted by atomic mass is 16.3. The number of hydrogen-bond donors (Lipinski definition) is 1. The van der Waals surface area contributed by atoms with Crippen LogP contribution >= 0.6 is 0 Å². The Morgan fingerprint density at radius 1 is 1.32 bits per heavy atom. The molecule has 100 valence electrons. The molecule has 2 aromatic rings. The van der Waals surface area contributed by atoms with E-state index >= 15 is 0 Å². The monoisotopic (exact) mass is 258 g/mol. The number of amides is 1. The van der Waals surface area contributed by atoms with Gasteiger partial charge in [0.15, 0.2) is 0 Å². The molecule has 0 bridgehead atoms. The van der Waals surface area contributed by atoms with Crippen LogP contribution in [-0.4, -0.2) is 17.4 Å². The minimum absolute atomic E-state index is 0.0734. The predicted molar refractivity (Wildman–Crippen MR) is 73.2 cm³/mol. The third kappa shape index (κ3) is 3.02. The van der Waals surface area contributed by atoms with Gasteiger partial charge in [0.05, 0.1) is 5.56 Å². The molecule has 0 aliphatic heterocycles. The normalized spacial score (nSPS) is 10.5. The fraction of sp³-hybridized carbons (Fsp3) is 0.333. The maximum atomic E-state index is 12.1. The second kappa shape index (κ2) is 5.69. The van der Waals surface area contributed by atoms with E-state index in [1.54, 1.807) is 6.20 Å². The van der Waals surface area contributed by atoms with Crippen molar-refractivity contribution in [3.05, 3.63) is 52.7 Å². The fourth-order valence-corrected chi connectivity index (χ4v) is 2.08. The summed E-state index contributed by atoms with van der Waals surface area (Å²) in [7, 11) is 0. The highest BCUT2D eigenvalue weighted by Gasteiger charge is 2.17. The summed E-state index contributed by atoms with van der Waals surface area (Å²) < 4.78 is 5.46. The van der Waals surface area contributed by atoms with Crippen LogP contribution in [0.15, 0.2) is 28.9 Å². The number of nitrogens with one attached hydrogen (secondary N) is 1. The van der Waals surface area contributed by atoms with E-state index in [0.717, 1.165) is 23.3 Å². The van der Waals surface area contributed by atoms with Gasteiger partial charge in [0.25, 0.3) is 5.91 Å². The molecule has 0 aromatic carbocycles. The van der Waals surface area contributed by atoms with E-state index in [-0.39, 0.29) is 5.91 Å². The second-order valence-electron chi connectivity index (χ2n) is 4.58. The quantitative estimate of drug-likeness (QED) is 0.917. The van der Waals surface area contributed by atoms with Crippen molar-refractivity contribution in [1.29, 1.82) is 0 Å². The molecule has 0 saturated heterocycles. The average Bonchev–Trinajstić information content (AvgIpc) is 2.64. The molecule has 0 unspecified atom stereocenters. The van der Waals surface area contributed by atoms with Gasteiger partial charge in [0.1, 0.15) is 11.5 Å². The van der Waals surface area contributed by atoms with Crippen molar-refractivity contribution < 1.29 is 9.21 Å². The van der Waals surface area contributed by atoms with Gasteiger partial charge in [-0.3, -0.25) is 9.78 Å². The van der Waals surface area contributed by atoms with E-state index < -0.39 is 0 Å². The molecule has 0 saturated carbocycles. The summed E-state index contributed by atoms with van der Waals surface area (Å²) >= 11 is 0. The van der Waals surface area contributed by atoms with Crippen molar-refractivity contribution in [3.63, 3.8) is 0 Å². The van der Waals surface area contributed by atoms with Gasteiger partial charge in [0, 0.05) is 24.5 Å². The Kier molecular flexibility index (Phi) is 4.00. The number of furan rings is 1. The number of pyridine rings is 1. The van der Waals surface area contributed by atoms with Crippen LogP contribution in [-0.2, 0) is 6.42 Å². The summed E-state index contributed by atoms with van der Waals surface area (Å²) in [5.74, 6) is 1.40. The first-order chi connectivity index (χ1) is 9.09. The molecule has 1 amide bonds. The number of hydrogen-bond acceptors (Lipinski definition) is 3. The standard InChI is InChI=1S/C15H18N2O2/c1-10-11(2)19-12(3)14(10)15(18)17-8-6-13-5-4-7-16-9-13/h4-5,7,9H,6,8H2,1-3H3,(H,17,18). The van der Waals surface area contributed by atoms with Crippen LogP contribution in [0, 0.1) is 20.8 Å². The Bertz CT molecular complexity index is 573. The minimum atomic E-state index is -0.0734. The Hall–Kier alpha value is -2.10. The molecule has 2 heterocycles. The Labute approximate surface area is 112 Å². The van der Waals surface area contributed by atoms with E-state index in [0.29, 0.717) is 17.9 Å². The Balaban J connectivity index is 1.95. The molecule has 19 heavy (non-hydrogen) atoms. The lowest BCUT2D eigenvalue weighted by molar-refractivity contribution is 0.0952. The van der Waals surface area contributed by atoms with E-state index in [1.807, 2.05) is 39.1 Å². The lowest BCUT2D eigenvalue weighted by Gasteiger charge is -2.05. The maximum absolute atomic E-state index is 12.1. The van der Waals surface area contributed by atoms with Crippen LogP contribution in [0.5, 0.6) is 0 Å². The highest BCUT2D eigenvalue weighted by molar-refractivity contribution is 5.96. The fourth-order valence-electron chi connectivity index (χ4n) is 2.08. The molecule has 0 fully saturated rings. The molecule has 4 nitrogen and oxygen atoms in total. The molecule has 2 rings (SSSR count). The predicted octanol–water partition coefficient (Wildman–Crippen LogP) is 2.57. The molecular weight excluding hydrogens is 240 g/mol. The lowest BCUT2D eigenvalue weighted by Crippen LogP contribution is -2.26. The summed E-state index contributed by atoms with van der Waals surface area (Å²) in [6, 6.07) is 3.89. The smallest absolute Gasteiger partial charge is 0.255 e. The average molecular weight is 258 g/mol. The minimum Gasteiger partial charge on any atom is -0.466 e. The van der Waals surface area contributed by atoms with Crippen molar-refractivity contribution >= 4 is 5.91 Å². The van der Waals surface area contributed by atoms with Crippen LogP contribution < -0.4 is 5.32 Å². The van der Waals surface area contributed by atoms with Crippen LogP contribution in [0.2, 0.25) is 0 Å². The van der Waals surface area contributed by atoms with E-state index in [9.17, 15) is 4.79 Å². The third-order valence-corrected chi connectivity index (χ3v) is 3.21. The molecule has 0 radical (unpaired) electrons. The molecule has 4 heteroatoms. The molecular formula is C15H18N2O2. The van der Waals surface area contributed by atoms with Crippen molar-refractivity contribution in [2.24, 2.45) is 0 Å². The lowest BCUT2D eigenvalue weighted by atomic mass is 10.1. The number of rotatable bonds is 4. The summed E-state index contributed by atoms with van der Waals surface area (Å²) in [6.07, 6.45) is 4.32. The summed E-state index contributed by atoms with van der Waals surface area (Å²) in [4.78, 5) is 16.1. The van der Waals surface area contributed by atoms with E-state index in [1.165, 1.54) is 0 Å². The van der Waals surface area contributed by atoms with Crippen molar-refractivity contribution in [1.82, 2.24) is 10.3 Å². The van der Waals surface area contributed by atoms with Gasteiger partial charge < -0.3 is 9.73 Å². The van der Waals surface area contributed by atoms with Gasteiger partial charge in [0.2, 0.25) is 0 Å². The molecule has 1 N–H and O–H groups in total. The van der Waals surface area contributed by atoms with Gasteiger partial charge in [-0.1, -0.05) is 6.07 Å². The Morgan fingerprint density at radius 2 is 2.11 bits per heavy atom. The zero-order chi connectivity index (χ0) is 13.8. The second-order valence-corrected chi connectivity index (χ2v) is 4.58. The zero-order valence-corrected chi connectivity index (χ0v) is 11.5. The van der Waals surface area contributed by atoms with Crippen LogP contribution in [0.4, 0.5) is 0 Å². The van der Waals surface area contributed by atoms with Crippen LogP contribution in [0.1, 0.15) is 33.0 Å². The van der Waals surface area contributed by atoms with Crippen LogP contribution in [0.3, 0.4) is 0 Å². The van der Waals surface area contributed by atoms with Crippen molar-refractivity contribution in [2.45, 2.75) is 27.2 Å². The van der Waals surface area contributed by atoms with Gasteiger partial charge in [-0.2, -0.15) is 0 Å². The third-order valence-electron chi connectivity index (χ3n) is 3.21. The number of carbonyl (C=O) groups is 1. The first-order valence-corrected chi connectivity index (χ1v) is 6.33. The summed E-state index contributed by atoms with van der Waals surface area (Å²) in [5, 5.41) is 2.92. The zero-order valence-electron chi connectivity index (χ0n) is 11.5. The first-order valence-electron chi connectivity index (χ1n) is 6.33. The first kappa shape index (κ1) is 13.3. The maximum Gasteiger partial charge on any atom is 0.255 e. The van der Waals surface area contributed by atoms with Gasteiger partial charge >= 0.3 is 0 Å². The summed E-state index contributed by atoms with van der Waals surface area (Å²) in [6.45, 7) is 6.18. The van der Waals surface area contributed by atoms with Crippen molar-refractivity contribution in [3.8, 4) is 0 Å². The van der Waals surface area contributed by atoms with E-state index in [2.05, 4.69) is 10.3 Å². The van der Waals surface area contributed by atoms with Gasteiger partial charge in [-0.05, 0) is 38.8 Å². The molecule has 2 aromatic heterocycles. The Morgan fingerprint density at radius 3 is 2.68 bits per heavy atom. The molecule has 0 aliphatic rings. The topological polar surface area (TPSA) is 55.1 Å².